The number of hydrogen-bond donors (Lipinski definition) is 3. The molecule has 4 N–H and O–H groups in total. The number of nitrogens with two attached hydrogens (primary N) is 1. The van der Waals surface area contributed by atoms with Crippen LogP contribution in [0, 0.1) is 0 Å². The fourth-order valence-electron chi connectivity index (χ4n) is 3.00. The first-order valence-electron chi connectivity index (χ1n) is 8.36. The minimum absolute atomic E-state index is 0.425. The number of nitrogens with one attached hydrogen (secondary N) is 2. The largest absolute Gasteiger partial charge is 0.381 e. The van der Waals surface area contributed by atoms with Crippen molar-refractivity contribution in [2.75, 3.05) is 5.32 Å². The number of fused-ring (bicyclic) bond motifs is 1. The summed E-state index contributed by atoms with van der Waals surface area (Å²) in [6, 6.07) is 19.7. The van der Waals surface area contributed by atoms with E-state index in [1.807, 2.05) is 36.7 Å². The maximum Gasteiger partial charge on any atom is 0.248 e. The molecule has 5 heteroatoms. The van der Waals surface area contributed by atoms with Crippen molar-refractivity contribution in [3.05, 3.63) is 84.2 Å². The van der Waals surface area contributed by atoms with Crippen molar-refractivity contribution in [3.8, 4) is 11.1 Å². The summed E-state index contributed by atoms with van der Waals surface area (Å²) in [6.07, 6.45) is 3.72. The van der Waals surface area contributed by atoms with Crippen LogP contribution < -0.4 is 11.1 Å². The van der Waals surface area contributed by atoms with Gasteiger partial charge in [0.15, 0.2) is 0 Å². The Bertz CT molecular complexity index is 1070. The molecule has 0 bridgehead atoms. The zero-order valence-corrected chi connectivity index (χ0v) is 14.1. The van der Waals surface area contributed by atoms with E-state index in [0.29, 0.717) is 12.1 Å². The van der Waals surface area contributed by atoms with E-state index in [0.717, 1.165) is 33.4 Å². The standard InChI is InChI=1S/C21H18N4O/c22-20(26)16-2-1-3-17(12-16)25-13-14-4-6-15(7-5-14)18-8-10-23-21-19(18)9-11-24-21/h1-12,25H,13H2,(H2,22,26)(H,23,24). The van der Waals surface area contributed by atoms with Gasteiger partial charge < -0.3 is 16.0 Å². The van der Waals surface area contributed by atoms with E-state index in [2.05, 4.69) is 39.6 Å². The highest BCUT2D eigenvalue weighted by molar-refractivity contribution is 5.94. The van der Waals surface area contributed by atoms with Crippen molar-refractivity contribution in [2.24, 2.45) is 5.73 Å². The molecule has 4 aromatic rings. The monoisotopic (exact) mass is 342 g/mol. The van der Waals surface area contributed by atoms with Crippen LogP contribution in [0.1, 0.15) is 15.9 Å². The first kappa shape index (κ1) is 15.9. The number of H-pyrrole nitrogens is 1. The number of amides is 1. The number of benzene rings is 2. The number of rotatable bonds is 5. The van der Waals surface area contributed by atoms with E-state index >= 15 is 0 Å². The maximum atomic E-state index is 11.3. The Hall–Kier alpha value is -3.60. The highest BCUT2D eigenvalue weighted by Crippen LogP contribution is 2.27. The summed E-state index contributed by atoms with van der Waals surface area (Å²) in [4.78, 5) is 18.7. The van der Waals surface area contributed by atoms with Crippen LogP contribution in [-0.2, 0) is 6.54 Å². The number of carbonyl (C=O) groups excluding carboxylic acids is 1. The van der Waals surface area contributed by atoms with E-state index < -0.39 is 5.91 Å². The zero-order valence-electron chi connectivity index (χ0n) is 14.1. The average Bonchev–Trinajstić information content (AvgIpc) is 3.16. The number of pyridine rings is 1. The lowest BCUT2D eigenvalue weighted by atomic mass is 10.0. The van der Waals surface area contributed by atoms with E-state index in [-0.39, 0.29) is 0 Å². The molecule has 0 saturated carbocycles. The van der Waals surface area contributed by atoms with E-state index in [1.165, 1.54) is 0 Å². The van der Waals surface area contributed by atoms with Gasteiger partial charge in [-0.15, -0.1) is 0 Å². The third kappa shape index (κ3) is 3.15. The van der Waals surface area contributed by atoms with Crippen LogP contribution in [0.25, 0.3) is 22.2 Å². The molecule has 128 valence electrons. The topological polar surface area (TPSA) is 83.8 Å². The normalized spacial score (nSPS) is 10.8. The van der Waals surface area contributed by atoms with Crippen LogP contribution in [0.15, 0.2) is 73.1 Å². The Morgan fingerprint density at radius 2 is 1.92 bits per heavy atom. The second kappa shape index (κ2) is 6.72. The van der Waals surface area contributed by atoms with Crippen LogP contribution >= 0.6 is 0 Å². The quantitative estimate of drug-likeness (QED) is 0.513. The molecule has 26 heavy (non-hydrogen) atoms. The molecule has 0 aliphatic rings. The molecule has 0 radical (unpaired) electrons. The smallest absolute Gasteiger partial charge is 0.248 e. The van der Waals surface area contributed by atoms with Crippen molar-refractivity contribution >= 4 is 22.6 Å². The summed E-state index contributed by atoms with van der Waals surface area (Å²) < 4.78 is 0. The summed E-state index contributed by atoms with van der Waals surface area (Å²) in [5.41, 5.74) is 11.0. The first-order valence-corrected chi connectivity index (χ1v) is 8.36. The number of hydrogen-bond acceptors (Lipinski definition) is 3. The van der Waals surface area contributed by atoms with Gasteiger partial charge in [-0.25, -0.2) is 4.98 Å². The predicted octanol–water partition coefficient (Wildman–Crippen LogP) is 3.94. The molecule has 2 aromatic heterocycles. The first-order chi connectivity index (χ1) is 12.7. The molecule has 0 saturated heterocycles. The van der Waals surface area contributed by atoms with Gasteiger partial charge in [0.05, 0.1) is 0 Å². The van der Waals surface area contributed by atoms with E-state index in [1.54, 1.807) is 12.1 Å². The lowest BCUT2D eigenvalue weighted by Gasteiger charge is -2.09. The van der Waals surface area contributed by atoms with Gasteiger partial charge in [0.25, 0.3) is 0 Å². The fourth-order valence-corrected chi connectivity index (χ4v) is 3.00. The lowest BCUT2D eigenvalue weighted by Crippen LogP contribution is -2.11. The van der Waals surface area contributed by atoms with Crippen molar-refractivity contribution in [2.45, 2.75) is 6.54 Å². The minimum Gasteiger partial charge on any atom is -0.381 e. The van der Waals surface area contributed by atoms with Crippen LogP contribution in [0.2, 0.25) is 0 Å². The molecule has 0 aliphatic carbocycles. The summed E-state index contributed by atoms with van der Waals surface area (Å²) in [6.45, 7) is 0.665. The Labute approximate surface area is 150 Å². The number of nitrogens with zero attached hydrogens (tertiary/aromatic N) is 1. The Balaban J connectivity index is 1.51. The van der Waals surface area contributed by atoms with E-state index in [9.17, 15) is 4.79 Å². The fraction of sp³-hybridized carbons (Fsp3) is 0.0476. The molecule has 0 aliphatic heterocycles. The number of anilines is 1. The van der Waals surface area contributed by atoms with E-state index in [4.69, 9.17) is 5.73 Å². The van der Waals surface area contributed by atoms with Gasteiger partial charge in [-0.2, -0.15) is 0 Å². The van der Waals surface area contributed by atoms with Crippen molar-refractivity contribution in [3.63, 3.8) is 0 Å². The minimum atomic E-state index is -0.425. The highest BCUT2D eigenvalue weighted by Gasteiger charge is 2.06. The van der Waals surface area contributed by atoms with Crippen LogP contribution in [-0.4, -0.2) is 15.9 Å². The highest BCUT2D eigenvalue weighted by atomic mass is 16.1. The summed E-state index contributed by atoms with van der Waals surface area (Å²) in [7, 11) is 0. The SMILES string of the molecule is NC(=O)c1cccc(NCc2ccc(-c3ccnc4[nH]ccc34)cc2)c1. The molecule has 0 atom stereocenters. The van der Waals surface area contributed by atoms with Crippen LogP contribution in [0.3, 0.4) is 0 Å². The number of carbonyl (C=O) groups is 1. The van der Waals surface area contributed by atoms with Gasteiger partial charge in [0, 0.05) is 35.6 Å². The molecule has 4 rings (SSSR count). The number of aromatic nitrogens is 2. The van der Waals surface area contributed by atoms with Crippen molar-refractivity contribution < 1.29 is 4.79 Å². The van der Waals surface area contributed by atoms with Crippen LogP contribution in [0.5, 0.6) is 0 Å². The molecule has 1 amide bonds. The molecular formula is C21H18N4O. The van der Waals surface area contributed by atoms with Crippen LogP contribution in [0.4, 0.5) is 5.69 Å². The predicted molar refractivity (Wildman–Crippen MR) is 104 cm³/mol. The van der Waals surface area contributed by atoms with Crippen molar-refractivity contribution in [1.29, 1.82) is 0 Å². The van der Waals surface area contributed by atoms with Gasteiger partial charge in [-0.3, -0.25) is 4.79 Å². The molecule has 5 nitrogen and oxygen atoms in total. The van der Waals surface area contributed by atoms with Gasteiger partial charge >= 0.3 is 0 Å². The maximum absolute atomic E-state index is 11.3. The second-order valence-corrected chi connectivity index (χ2v) is 6.09. The Kier molecular flexibility index (Phi) is 4.11. The lowest BCUT2D eigenvalue weighted by molar-refractivity contribution is 0.100. The zero-order chi connectivity index (χ0) is 17.9. The molecule has 2 heterocycles. The number of aromatic amines is 1. The van der Waals surface area contributed by atoms with Gasteiger partial charge in [0.1, 0.15) is 5.65 Å². The summed E-state index contributed by atoms with van der Waals surface area (Å²) in [5.74, 6) is -0.425. The summed E-state index contributed by atoms with van der Waals surface area (Å²) >= 11 is 0. The van der Waals surface area contributed by atoms with Gasteiger partial charge in [-0.05, 0) is 47.0 Å². The third-order valence-electron chi connectivity index (χ3n) is 4.37. The third-order valence-corrected chi connectivity index (χ3v) is 4.37. The molecule has 0 spiro atoms. The summed E-state index contributed by atoms with van der Waals surface area (Å²) in [5, 5.41) is 4.43. The average molecular weight is 342 g/mol. The Morgan fingerprint density at radius 3 is 2.73 bits per heavy atom. The van der Waals surface area contributed by atoms with Gasteiger partial charge in [-0.1, -0.05) is 30.3 Å². The molecule has 2 aromatic carbocycles. The Morgan fingerprint density at radius 1 is 1.08 bits per heavy atom. The molecule has 0 unspecified atom stereocenters. The molecular weight excluding hydrogens is 324 g/mol. The van der Waals surface area contributed by atoms with Crippen molar-refractivity contribution in [1.82, 2.24) is 9.97 Å². The van der Waals surface area contributed by atoms with Gasteiger partial charge in [0.2, 0.25) is 5.91 Å². The number of primary amides is 1. The molecule has 0 fully saturated rings. The second-order valence-electron chi connectivity index (χ2n) is 6.09.